The van der Waals surface area contributed by atoms with Crippen LogP contribution < -0.4 is 5.32 Å². The fraction of sp³-hybridized carbons (Fsp3) is 0. The molecule has 0 aliphatic carbocycles. The van der Waals surface area contributed by atoms with Gasteiger partial charge in [0.05, 0.1) is 11.9 Å². The monoisotopic (exact) mass is 376 g/mol. The number of imidazole rings is 1. The van der Waals surface area contributed by atoms with Gasteiger partial charge in [0.2, 0.25) is 0 Å². The molecule has 7 heteroatoms. The van der Waals surface area contributed by atoms with Crippen molar-refractivity contribution in [2.24, 2.45) is 0 Å². The standard InChI is InChI=1S/C15H10BrClN4O/c16-10-7-13(14(17)19-8-10)15(22)20-11-1-3-12(4-2-11)21-6-5-18-9-21/h1-9H,(H,20,22). The summed E-state index contributed by atoms with van der Waals surface area (Å²) in [6, 6.07) is 9.03. The van der Waals surface area contributed by atoms with E-state index in [2.05, 4.69) is 31.2 Å². The summed E-state index contributed by atoms with van der Waals surface area (Å²) in [4.78, 5) is 20.2. The summed E-state index contributed by atoms with van der Waals surface area (Å²) in [5.41, 5.74) is 1.94. The lowest BCUT2D eigenvalue weighted by Gasteiger charge is -2.08. The van der Waals surface area contributed by atoms with Gasteiger partial charge in [0, 0.05) is 34.4 Å². The summed E-state index contributed by atoms with van der Waals surface area (Å²) in [5, 5.41) is 2.95. The SMILES string of the molecule is O=C(Nc1ccc(-n2ccnc2)cc1)c1cc(Br)cnc1Cl. The Balaban J connectivity index is 1.78. The van der Waals surface area contributed by atoms with Crippen molar-refractivity contribution < 1.29 is 4.79 Å². The van der Waals surface area contributed by atoms with Gasteiger partial charge in [0.25, 0.3) is 5.91 Å². The zero-order chi connectivity index (χ0) is 15.5. The van der Waals surface area contributed by atoms with Crippen LogP contribution in [0.3, 0.4) is 0 Å². The molecular weight excluding hydrogens is 368 g/mol. The van der Waals surface area contributed by atoms with Crippen LogP contribution in [0.5, 0.6) is 0 Å². The van der Waals surface area contributed by atoms with Crippen molar-refractivity contribution in [1.82, 2.24) is 14.5 Å². The first-order valence-electron chi connectivity index (χ1n) is 6.34. The Morgan fingerprint density at radius 3 is 2.73 bits per heavy atom. The van der Waals surface area contributed by atoms with Crippen molar-refractivity contribution in [1.29, 1.82) is 0 Å². The third-order valence-corrected chi connectivity index (χ3v) is 3.71. The van der Waals surface area contributed by atoms with E-state index >= 15 is 0 Å². The van der Waals surface area contributed by atoms with Gasteiger partial charge in [-0.3, -0.25) is 4.79 Å². The highest BCUT2D eigenvalue weighted by atomic mass is 79.9. The second-order valence-corrected chi connectivity index (χ2v) is 5.74. The van der Waals surface area contributed by atoms with Gasteiger partial charge in [-0.1, -0.05) is 11.6 Å². The molecule has 3 aromatic rings. The number of anilines is 1. The van der Waals surface area contributed by atoms with E-state index in [9.17, 15) is 4.79 Å². The molecule has 1 N–H and O–H groups in total. The largest absolute Gasteiger partial charge is 0.322 e. The minimum Gasteiger partial charge on any atom is -0.322 e. The molecule has 1 aromatic carbocycles. The molecule has 1 amide bonds. The molecule has 3 rings (SSSR count). The Kier molecular flexibility index (Phi) is 4.22. The molecule has 0 aliphatic rings. The highest BCUT2D eigenvalue weighted by molar-refractivity contribution is 9.10. The van der Waals surface area contributed by atoms with E-state index in [4.69, 9.17) is 11.6 Å². The van der Waals surface area contributed by atoms with Gasteiger partial charge in [-0.15, -0.1) is 0 Å². The Hall–Kier alpha value is -2.18. The number of halogens is 2. The fourth-order valence-corrected chi connectivity index (χ4v) is 2.43. The normalized spacial score (nSPS) is 10.5. The van der Waals surface area contributed by atoms with E-state index < -0.39 is 0 Å². The van der Waals surface area contributed by atoms with Gasteiger partial charge in [-0.25, -0.2) is 9.97 Å². The number of aromatic nitrogens is 3. The van der Waals surface area contributed by atoms with Crippen LogP contribution in [0.1, 0.15) is 10.4 Å². The predicted molar refractivity (Wildman–Crippen MR) is 88.5 cm³/mol. The van der Waals surface area contributed by atoms with E-state index in [0.29, 0.717) is 15.7 Å². The molecule has 2 aromatic heterocycles. The number of amides is 1. The summed E-state index contributed by atoms with van der Waals surface area (Å²) < 4.78 is 2.57. The molecule has 0 saturated heterocycles. The molecule has 0 fully saturated rings. The first-order valence-corrected chi connectivity index (χ1v) is 7.51. The summed E-state index contributed by atoms with van der Waals surface area (Å²) in [6.07, 6.45) is 6.80. The highest BCUT2D eigenvalue weighted by Crippen LogP contribution is 2.20. The van der Waals surface area contributed by atoms with Gasteiger partial charge < -0.3 is 9.88 Å². The van der Waals surface area contributed by atoms with E-state index in [-0.39, 0.29) is 11.1 Å². The van der Waals surface area contributed by atoms with Crippen LogP contribution in [0.4, 0.5) is 5.69 Å². The minimum absolute atomic E-state index is 0.163. The Morgan fingerprint density at radius 1 is 1.27 bits per heavy atom. The molecule has 0 atom stereocenters. The van der Waals surface area contributed by atoms with Gasteiger partial charge in [-0.05, 0) is 46.3 Å². The zero-order valence-electron chi connectivity index (χ0n) is 11.2. The van der Waals surface area contributed by atoms with Crippen molar-refractivity contribution in [3.05, 3.63) is 70.4 Å². The smallest absolute Gasteiger partial charge is 0.258 e. The maximum Gasteiger partial charge on any atom is 0.258 e. The number of benzene rings is 1. The maximum atomic E-state index is 12.2. The lowest BCUT2D eigenvalue weighted by Crippen LogP contribution is -2.13. The lowest BCUT2D eigenvalue weighted by molar-refractivity contribution is 0.102. The minimum atomic E-state index is -0.311. The number of carbonyl (C=O) groups is 1. The van der Waals surface area contributed by atoms with Crippen LogP contribution in [0.2, 0.25) is 5.15 Å². The molecular formula is C15H10BrClN4O. The number of hydrogen-bond acceptors (Lipinski definition) is 3. The van der Waals surface area contributed by atoms with Crippen molar-refractivity contribution in [2.45, 2.75) is 0 Å². The van der Waals surface area contributed by atoms with Crippen LogP contribution >= 0.6 is 27.5 Å². The van der Waals surface area contributed by atoms with Crippen molar-refractivity contribution >= 4 is 39.1 Å². The molecule has 5 nitrogen and oxygen atoms in total. The maximum absolute atomic E-state index is 12.2. The Morgan fingerprint density at radius 2 is 2.05 bits per heavy atom. The summed E-state index contributed by atoms with van der Waals surface area (Å²) >= 11 is 9.22. The van der Waals surface area contributed by atoms with Gasteiger partial charge >= 0.3 is 0 Å². The van der Waals surface area contributed by atoms with E-state index in [1.54, 1.807) is 24.8 Å². The third kappa shape index (κ3) is 3.18. The number of nitrogens with one attached hydrogen (secondary N) is 1. The van der Waals surface area contributed by atoms with Crippen LogP contribution in [0.25, 0.3) is 5.69 Å². The van der Waals surface area contributed by atoms with Crippen LogP contribution in [-0.2, 0) is 0 Å². The summed E-state index contributed by atoms with van der Waals surface area (Å²) in [7, 11) is 0. The van der Waals surface area contributed by atoms with Crippen LogP contribution in [0.15, 0.2) is 59.7 Å². The summed E-state index contributed by atoms with van der Waals surface area (Å²) in [5.74, 6) is -0.311. The van der Waals surface area contributed by atoms with Crippen molar-refractivity contribution in [3.63, 3.8) is 0 Å². The molecule has 2 heterocycles. The molecule has 0 radical (unpaired) electrons. The average Bonchev–Trinajstić information content (AvgIpc) is 3.05. The molecule has 0 saturated carbocycles. The number of rotatable bonds is 3. The van der Waals surface area contributed by atoms with Gasteiger partial charge in [0.1, 0.15) is 5.15 Å². The number of nitrogens with zero attached hydrogens (tertiary/aromatic N) is 3. The predicted octanol–water partition coefficient (Wildman–Crippen LogP) is 3.94. The Labute approximate surface area is 140 Å². The van der Waals surface area contributed by atoms with Crippen molar-refractivity contribution in [3.8, 4) is 5.69 Å². The number of carbonyl (C=O) groups excluding carboxylic acids is 1. The topological polar surface area (TPSA) is 59.8 Å². The second kappa shape index (κ2) is 6.29. The van der Waals surface area contributed by atoms with E-state index in [0.717, 1.165) is 5.69 Å². The van der Waals surface area contributed by atoms with Crippen LogP contribution in [0, 0.1) is 0 Å². The molecule has 0 aliphatic heterocycles. The first kappa shape index (κ1) is 14.7. The van der Waals surface area contributed by atoms with Gasteiger partial charge in [0.15, 0.2) is 0 Å². The van der Waals surface area contributed by atoms with E-state index in [1.807, 2.05) is 35.0 Å². The third-order valence-electron chi connectivity index (χ3n) is 2.98. The number of pyridine rings is 1. The quantitative estimate of drug-likeness (QED) is 0.703. The van der Waals surface area contributed by atoms with E-state index in [1.165, 1.54) is 0 Å². The molecule has 110 valence electrons. The molecule has 22 heavy (non-hydrogen) atoms. The molecule has 0 unspecified atom stereocenters. The lowest BCUT2D eigenvalue weighted by atomic mass is 10.2. The fourth-order valence-electron chi connectivity index (χ4n) is 1.91. The number of hydrogen-bond donors (Lipinski definition) is 1. The van der Waals surface area contributed by atoms with Gasteiger partial charge in [-0.2, -0.15) is 0 Å². The zero-order valence-corrected chi connectivity index (χ0v) is 13.5. The summed E-state index contributed by atoms with van der Waals surface area (Å²) in [6.45, 7) is 0. The molecule has 0 bridgehead atoms. The second-order valence-electron chi connectivity index (χ2n) is 4.46. The van der Waals surface area contributed by atoms with Crippen LogP contribution in [-0.4, -0.2) is 20.4 Å². The van der Waals surface area contributed by atoms with Crippen molar-refractivity contribution in [2.75, 3.05) is 5.32 Å². The average molecular weight is 378 g/mol. The highest BCUT2D eigenvalue weighted by Gasteiger charge is 2.12. The Bertz CT molecular complexity index is 803. The first-order chi connectivity index (χ1) is 10.6. The molecule has 0 spiro atoms.